The Morgan fingerprint density at radius 1 is 1.64 bits per heavy atom. The standard InChI is InChI=1S/C7H13NO3/c1-10-5-2-3-6(7(8)9)11-4-5/h5-6H,2-4H2,1H3,(H2,8,9)/t5-,6+/m0/s1. The molecule has 0 aromatic rings. The third-order valence-corrected chi connectivity index (χ3v) is 1.88. The Balaban J connectivity index is 2.30. The van der Waals surface area contributed by atoms with Crippen LogP contribution in [-0.2, 0) is 14.3 Å². The molecule has 2 N–H and O–H groups in total. The molecule has 0 spiro atoms. The van der Waals surface area contributed by atoms with Gasteiger partial charge in [0.05, 0.1) is 12.7 Å². The fourth-order valence-corrected chi connectivity index (χ4v) is 1.14. The Morgan fingerprint density at radius 2 is 2.36 bits per heavy atom. The minimum absolute atomic E-state index is 0.130. The van der Waals surface area contributed by atoms with Crippen LogP contribution in [-0.4, -0.2) is 31.8 Å². The predicted octanol–water partition coefficient (Wildman–Crippen LogP) is -0.334. The van der Waals surface area contributed by atoms with Gasteiger partial charge >= 0.3 is 0 Å². The SMILES string of the molecule is CO[C@H]1CC[C@H](C(N)=O)OC1. The molecule has 1 fully saturated rings. The Bertz CT molecular complexity index is 141. The van der Waals surface area contributed by atoms with E-state index in [-0.39, 0.29) is 12.0 Å². The molecule has 1 rings (SSSR count). The largest absolute Gasteiger partial charge is 0.379 e. The summed E-state index contributed by atoms with van der Waals surface area (Å²) in [7, 11) is 1.64. The smallest absolute Gasteiger partial charge is 0.246 e. The van der Waals surface area contributed by atoms with Crippen molar-refractivity contribution in [3.63, 3.8) is 0 Å². The predicted molar refractivity (Wildman–Crippen MR) is 39.0 cm³/mol. The van der Waals surface area contributed by atoms with Gasteiger partial charge in [-0.1, -0.05) is 0 Å². The Kier molecular flexibility index (Phi) is 2.84. The molecule has 0 aliphatic carbocycles. The summed E-state index contributed by atoms with van der Waals surface area (Å²) < 4.78 is 10.2. The summed E-state index contributed by atoms with van der Waals surface area (Å²) in [5, 5.41) is 0. The van der Waals surface area contributed by atoms with E-state index < -0.39 is 6.10 Å². The van der Waals surface area contributed by atoms with Crippen LogP contribution in [0.25, 0.3) is 0 Å². The van der Waals surface area contributed by atoms with Gasteiger partial charge in [0, 0.05) is 7.11 Å². The lowest BCUT2D eigenvalue weighted by molar-refractivity contribution is -0.138. The highest BCUT2D eigenvalue weighted by molar-refractivity contribution is 5.78. The highest BCUT2D eigenvalue weighted by Crippen LogP contribution is 2.14. The molecule has 4 heteroatoms. The summed E-state index contributed by atoms with van der Waals surface area (Å²) in [5.74, 6) is -0.375. The molecule has 0 aromatic carbocycles. The molecule has 0 radical (unpaired) electrons. The molecule has 0 unspecified atom stereocenters. The number of carbonyl (C=O) groups excluding carboxylic acids is 1. The number of primary amides is 1. The quantitative estimate of drug-likeness (QED) is 0.600. The molecular formula is C7H13NO3. The van der Waals surface area contributed by atoms with Crippen LogP contribution < -0.4 is 5.73 Å². The van der Waals surface area contributed by atoms with Crippen molar-refractivity contribution in [3.05, 3.63) is 0 Å². The van der Waals surface area contributed by atoms with Crippen LogP contribution in [0.15, 0.2) is 0 Å². The summed E-state index contributed by atoms with van der Waals surface area (Å²) >= 11 is 0. The van der Waals surface area contributed by atoms with E-state index in [1.807, 2.05) is 0 Å². The maximum atomic E-state index is 10.6. The van der Waals surface area contributed by atoms with E-state index in [1.165, 1.54) is 0 Å². The van der Waals surface area contributed by atoms with Crippen molar-refractivity contribution < 1.29 is 14.3 Å². The zero-order valence-corrected chi connectivity index (χ0v) is 6.58. The molecular weight excluding hydrogens is 146 g/mol. The Hall–Kier alpha value is -0.610. The van der Waals surface area contributed by atoms with E-state index >= 15 is 0 Å². The molecule has 1 saturated heterocycles. The summed E-state index contributed by atoms with van der Waals surface area (Å²) in [6.45, 7) is 0.476. The van der Waals surface area contributed by atoms with Gasteiger partial charge in [-0.05, 0) is 12.8 Å². The van der Waals surface area contributed by atoms with Crippen LogP contribution in [0.5, 0.6) is 0 Å². The lowest BCUT2D eigenvalue weighted by Crippen LogP contribution is -2.39. The monoisotopic (exact) mass is 159 g/mol. The minimum Gasteiger partial charge on any atom is -0.379 e. The maximum absolute atomic E-state index is 10.6. The molecule has 1 heterocycles. The summed E-state index contributed by atoms with van der Waals surface area (Å²) in [6, 6.07) is 0. The molecule has 0 bridgehead atoms. The van der Waals surface area contributed by atoms with Gasteiger partial charge in [-0.3, -0.25) is 4.79 Å². The van der Waals surface area contributed by atoms with Crippen molar-refractivity contribution in [2.24, 2.45) is 5.73 Å². The first-order valence-electron chi connectivity index (χ1n) is 3.67. The topological polar surface area (TPSA) is 61.5 Å². The van der Waals surface area contributed by atoms with Crippen LogP contribution in [0.1, 0.15) is 12.8 Å². The first-order valence-corrected chi connectivity index (χ1v) is 3.67. The molecule has 0 aromatic heterocycles. The van der Waals surface area contributed by atoms with E-state index in [2.05, 4.69) is 0 Å². The third kappa shape index (κ3) is 2.17. The molecule has 0 saturated carbocycles. The second kappa shape index (κ2) is 3.69. The molecule has 64 valence electrons. The van der Waals surface area contributed by atoms with Gasteiger partial charge in [-0.2, -0.15) is 0 Å². The van der Waals surface area contributed by atoms with Gasteiger partial charge < -0.3 is 15.2 Å². The normalized spacial score (nSPS) is 31.7. The lowest BCUT2D eigenvalue weighted by atomic mass is 10.1. The average Bonchev–Trinajstić information content (AvgIpc) is 2.05. The van der Waals surface area contributed by atoms with E-state index in [0.29, 0.717) is 13.0 Å². The molecule has 1 aliphatic heterocycles. The van der Waals surface area contributed by atoms with Crippen LogP contribution in [0.2, 0.25) is 0 Å². The Morgan fingerprint density at radius 3 is 2.73 bits per heavy atom. The van der Waals surface area contributed by atoms with Crippen LogP contribution in [0.4, 0.5) is 0 Å². The van der Waals surface area contributed by atoms with Gasteiger partial charge in [0.15, 0.2) is 0 Å². The number of hydrogen-bond donors (Lipinski definition) is 1. The number of methoxy groups -OCH3 is 1. The fraction of sp³-hybridized carbons (Fsp3) is 0.857. The number of carbonyl (C=O) groups is 1. The van der Waals surface area contributed by atoms with Crippen LogP contribution in [0.3, 0.4) is 0 Å². The van der Waals surface area contributed by atoms with Crippen molar-refractivity contribution in [1.29, 1.82) is 0 Å². The van der Waals surface area contributed by atoms with Crippen molar-refractivity contribution in [2.75, 3.05) is 13.7 Å². The van der Waals surface area contributed by atoms with Crippen molar-refractivity contribution in [2.45, 2.75) is 25.0 Å². The van der Waals surface area contributed by atoms with E-state index in [1.54, 1.807) is 7.11 Å². The summed E-state index contributed by atoms with van der Waals surface area (Å²) in [4.78, 5) is 10.6. The molecule has 2 atom stereocenters. The highest BCUT2D eigenvalue weighted by atomic mass is 16.5. The van der Waals surface area contributed by atoms with E-state index in [9.17, 15) is 4.79 Å². The molecule has 11 heavy (non-hydrogen) atoms. The number of amides is 1. The molecule has 1 amide bonds. The van der Waals surface area contributed by atoms with Crippen molar-refractivity contribution in [3.8, 4) is 0 Å². The van der Waals surface area contributed by atoms with E-state index in [0.717, 1.165) is 6.42 Å². The highest BCUT2D eigenvalue weighted by Gasteiger charge is 2.24. The maximum Gasteiger partial charge on any atom is 0.246 e. The van der Waals surface area contributed by atoms with Crippen molar-refractivity contribution >= 4 is 5.91 Å². The number of nitrogens with two attached hydrogens (primary N) is 1. The van der Waals surface area contributed by atoms with Gasteiger partial charge in [0.25, 0.3) is 0 Å². The van der Waals surface area contributed by atoms with E-state index in [4.69, 9.17) is 15.2 Å². The van der Waals surface area contributed by atoms with Crippen molar-refractivity contribution in [1.82, 2.24) is 0 Å². The number of hydrogen-bond acceptors (Lipinski definition) is 3. The third-order valence-electron chi connectivity index (χ3n) is 1.88. The first kappa shape index (κ1) is 8.49. The van der Waals surface area contributed by atoms with Crippen LogP contribution in [0, 0.1) is 0 Å². The number of ether oxygens (including phenoxy) is 2. The first-order chi connectivity index (χ1) is 5.24. The van der Waals surface area contributed by atoms with Crippen LogP contribution >= 0.6 is 0 Å². The zero-order chi connectivity index (χ0) is 8.27. The van der Waals surface area contributed by atoms with Gasteiger partial charge in [-0.15, -0.1) is 0 Å². The summed E-state index contributed by atoms with van der Waals surface area (Å²) in [6.07, 6.45) is 1.25. The minimum atomic E-state index is -0.401. The summed E-state index contributed by atoms with van der Waals surface area (Å²) in [5.41, 5.74) is 5.05. The lowest BCUT2D eigenvalue weighted by Gasteiger charge is -2.25. The van der Waals surface area contributed by atoms with Gasteiger partial charge in [0.2, 0.25) is 5.91 Å². The molecule has 1 aliphatic rings. The zero-order valence-electron chi connectivity index (χ0n) is 6.58. The molecule has 4 nitrogen and oxygen atoms in total. The fourth-order valence-electron chi connectivity index (χ4n) is 1.14. The number of rotatable bonds is 2. The second-order valence-electron chi connectivity index (χ2n) is 2.66. The Labute approximate surface area is 65.7 Å². The second-order valence-corrected chi connectivity index (χ2v) is 2.66. The van der Waals surface area contributed by atoms with Gasteiger partial charge in [-0.25, -0.2) is 0 Å². The average molecular weight is 159 g/mol. The van der Waals surface area contributed by atoms with Gasteiger partial charge in [0.1, 0.15) is 6.10 Å².